The number of hydrogen-bond donors (Lipinski definition) is 1. The Balaban J connectivity index is 2.15. The van der Waals surface area contributed by atoms with E-state index in [9.17, 15) is 4.79 Å². The lowest BCUT2D eigenvalue weighted by atomic mass is 10.2. The molecule has 94 valence electrons. The molecule has 5 nitrogen and oxygen atoms in total. The number of carbonyl (C=O) groups is 1. The number of benzene rings is 1. The van der Waals surface area contributed by atoms with Gasteiger partial charge in [0.15, 0.2) is 5.69 Å². The van der Waals surface area contributed by atoms with Gasteiger partial charge in [0.2, 0.25) is 0 Å². The Bertz CT molecular complexity index is 574. The fraction of sp³-hybridized carbons (Fsp3) is 0.231. The van der Waals surface area contributed by atoms with Crippen LogP contribution in [0.4, 0.5) is 0 Å². The van der Waals surface area contributed by atoms with Crippen LogP contribution in [-0.4, -0.2) is 16.2 Å². The third kappa shape index (κ3) is 2.51. The predicted octanol–water partition coefficient (Wildman–Crippen LogP) is 2.57. The van der Waals surface area contributed by atoms with Gasteiger partial charge in [0.1, 0.15) is 18.1 Å². The summed E-state index contributed by atoms with van der Waals surface area (Å²) in [7, 11) is 0. The second kappa shape index (κ2) is 4.91. The second-order valence-corrected chi connectivity index (χ2v) is 3.98. The van der Waals surface area contributed by atoms with Crippen molar-refractivity contribution in [1.82, 2.24) is 5.16 Å². The van der Waals surface area contributed by atoms with Gasteiger partial charge in [0, 0.05) is 0 Å². The number of aromatic carboxylic acids is 1. The van der Waals surface area contributed by atoms with E-state index in [-0.39, 0.29) is 12.3 Å². The molecule has 1 aromatic carbocycles. The topological polar surface area (TPSA) is 72.6 Å². The minimum absolute atomic E-state index is 0.0971. The van der Waals surface area contributed by atoms with Gasteiger partial charge in [-0.2, -0.15) is 0 Å². The van der Waals surface area contributed by atoms with Crippen molar-refractivity contribution in [3.8, 4) is 5.75 Å². The number of carboxylic acids is 1. The summed E-state index contributed by atoms with van der Waals surface area (Å²) in [5.41, 5.74) is 1.44. The molecule has 0 radical (unpaired) electrons. The maximum absolute atomic E-state index is 10.9. The zero-order valence-electron chi connectivity index (χ0n) is 10.1. The minimum Gasteiger partial charge on any atom is -0.489 e. The molecule has 0 bridgehead atoms. The standard InChI is InChI=1S/C13H13NO4/c1-8-4-3-5-10(6-8)17-7-11-9(2)18-14-12(11)13(15)16/h3-6H,7H2,1-2H3,(H,15,16). The van der Waals surface area contributed by atoms with Crippen molar-refractivity contribution in [2.24, 2.45) is 0 Å². The molecule has 5 heteroatoms. The van der Waals surface area contributed by atoms with Gasteiger partial charge in [-0.05, 0) is 31.5 Å². The third-order valence-electron chi connectivity index (χ3n) is 2.56. The zero-order valence-corrected chi connectivity index (χ0v) is 10.1. The molecule has 0 fully saturated rings. The fourth-order valence-electron chi connectivity index (χ4n) is 1.59. The molecule has 0 saturated heterocycles. The molecule has 0 amide bonds. The van der Waals surface area contributed by atoms with E-state index in [2.05, 4.69) is 5.16 Å². The van der Waals surface area contributed by atoms with E-state index >= 15 is 0 Å². The maximum atomic E-state index is 10.9. The number of nitrogens with zero attached hydrogens (tertiary/aromatic N) is 1. The average Bonchev–Trinajstić information content (AvgIpc) is 2.68. The van der Waals surface area contributed by atoms with E-state index < -0.39 is 5.97 Å². The summed E-state index contributed by atoms with van der Waals surface area (Å²) < 4.78 is 10.4. The average molecular weight is 247 g/mol. The van der Waals surface area contributed by atoms with Crippen LogP contribution in [0, 0.1) is 13.8 Å². The number of ether oxygens (including phenoxy) is 1. The van der Waals surface area contributed by atoms with Gasteiger partial charge in [-0.1, -0.05) is 17.3 Å². The fourth-order valence-corrected chi connectivity index (χ4v) is 1.59. The van der Waals surface area contributed by atoms with Crippen LogP contribution in [0.15, 0.2) is 28.8 Å². The lowest BCUT2D eigenvalue weighted by molar-refractivity contribution is 0.0683. The largest absolute Gasteiger partial charge is 0.489 e. The van der Waals surface area contributed by atoms with Crippen LogP contribution in [0.25, 0.3) is 0 Å². The molecule has 0 saturated carbocycles. The SMILES string of the molecule is Cc1cccc(OCc2c(C(=O)O)noc2C)c1. The normalized spacial score (nSPS) is 10.3. The van der Waals surface area contributed by atoms with E-state index in [1.807, 2.05) is 31.2 Å². The molecule has 0 aliphatic heterocycles. The smallest absolute Gasteiger partial charge is 0.358 e. The first-order valence-corrected chi connectivity index (χ1v) is 5.46. The van der Waals surface area contributed by atoms with Crippen molar-refractivity contribution < 1.29 is 19.2 Å². The van der Waals surface area contributed by atoms with Crippen LogP contribution >= 0.6 is 0 Å². The van der Waals surface area contributed by atoms with Crippen molar-refractivity contribution >= 4 is 5.97 Å². The molecule has 0 atom stereocenters. The van der Waals surface area contributed by atoms with Crippen LogP contribution in [0.1, 0.15) is 27.4 Å². The molecular formula is C13H13NO4. The number of rotatable bonds is 4. The molecular weight excluding hydrogens is 234 g/mol. The molecule has 0 spiro atoms. The van der Waals surface area contributed by atoms with Crippen molar-refractivity contribution in [2.75, 3.05) is 0 Å². The predicted molar refractivity (Wildman–Crippen MR) is 63.7 cm³/mol. The number of aromatic nitrogens is 1. The Morgan fingerprint density at radius 1 is 1.44 bits per heavy atom. The Kier molecular flexibility index (Phi) is 3.32. The second-order valence-electron chi connectivity index (χ2n) is 3.98. The van der Waals surface area contributed by atoms with Gasteiger partial charge in [-0.25, -0.2) is 4.79 Å². The highest BCUT2D eigenvalue weighted by Gasteiger charge is 2.19. The summed E-state index contributed by atoms with van der Waals surface area (Å²) >= 11 is 0. The van der Waals surface area contributed by atoms with Gasteiger partial charge >= 0.3 is 5.97 Å². The first-order valence-electron chi connectivity index (χ1n) is 5.46. The molecule has 0 aliphatic rings. The highest BCUT2D eigenvalue weighted by Crippen LogP contribution is 2.18. The molecule has 0 aliphatic carbocycles. The Morgan fingerprint density at radius 3 is 2.89 bits per heavy atom. The van der Waals surface area contributed by atoms with Gasteiger partial charge < -0.3 is 14.4 Å². The number of aryl methyl sites for hydroxylation is 2. The van der Waals surface area contributed by atoms with E-state index in [0.717, 1.165) is 5.56 Å². The van der Waals surface area contributed by atoms with Gasteiger partial charge in [0.05, 0.1) is 5.56 Å². The monoisotopic (exact) mass is 247 g/mol. The molecule has 0 unspecified atom stereocenters. The molecule has 1 N–H and O–H groups in total. The summed E-state index contributed by atoms with van der Waals surface area (Å²) in [6.07, 6.45) is 0. The Morgan fingerprint density at radius 2 is 2.22 bits per heavy atom. The summed E-state index contributed by atoms with van der Waals surface area (Å²) in [4.78, 5) is 10.9. The van der Waals surface area contributed by atoms with Crippen LogP contribution in [0.5, 0.6) is 5.75 Å². The van der Waals surface area contributed by atoms with Crippen molar-refractivity contribution in [2.45, 2.75) is 20.5 Å². The van der Waals surface area contributed by atoms with E-state index in [1.165, 1.54) is 0 Å². The Labute approximate surface area is 104 Å². The summed E-state index contributed by atoms with van der Waals surface area (Å²) in [6, 6.07) is 7.53. The Hall–Kier alpha value is -2.30. The van der Waals surface area contributed by atoms with Crippen molar-refractivity contribution in [3.05, 3.63) is 46.8 Å². The van der Waals surface area contributed by atoms with Gasteiger partial charge in [0.25, 0.3) is 0 Å². The molecule has 2 rings (SSSR count). The summed E-state index contributed by atoms with van der Waals surface area (Å²) in [5, 5.41) is 12.4. The molecule has 1 aromatic heterocycles. The van der Waals surface area contributed by atoms with Crippen LogP contribution < -0.4 is 4.74 Å². The highest BCUT2D eigenvalue weighted by atomic mass is 16.5. The number of hydrogen-bond acceptors (Lipinski definition) is 4. The van der Waals surface area contributed by atoms with Gasteiger partial charge in [-0.3, -0.25) is 0 Å². The van der Waals surface area contributed by atoms with Crippen LogP contribution in [0.2, 0.25) is 0 Å². The summed E-state index contributed by atoms with van der Waals surface area (Å²) in [5.74, 6) is 0.0293. The van der Waals surface area contributed by atoms with E-state index in [1.54, 1.807) is 6.92 Å². The zero-order chi connectivity index (χ0) is 13.1. The van der Waals surface area contributed by atoms with Crippen molar-refractivity contribution in [3.63, 3.8) is 0 Å². The van der Waals surface area contributed by atoms with E-state index in [4.69, 9.17) is 14.4 Å². The lowest BCUT2D eigenvalue weighted by Gasteiger charge is -2.06. The molecule has 1 heterocycles. The van der Waals surface area contributed by atoms with Crippen LogP contribution in [0.3, 0.4) is 0 Å². The minimum atomic E-state index is -1.12. The first kappa shape index (κ1) is 12.2. The highest BCUT2D eigenvalue weighted by molar-refractivity contribution is 5.87. The summed E-state index contributed by atoms with van der Waals surface area (Å²) in [6.45, 7) is 3.75. The van der Waals surface area contributed by atoms with Crippen molar-refractivity contribution in [1.29, 1.82) is 0 Å². The third-order valence-corrected chi connectivity index (χ3v) is 2.56. The number of carboxylic acid groups (broad SMARTS) is 1. The lowest BCUT2D eigenvalue weighted by Crippen LogP contribution is -2.05. The first-order chi connectivity index (χ1) is 8.58. The molecule has 18 heavy (non-hydrogen) atoms. The maximum Gasteiger partial charge on any atom is 0.358 e. The van der Waals surface area contributed by atoms with E-state index in [0.29, 0.717) is 17.1 Å². The van der Waals surface area contributed by atoms with Gasteiger partial charge in [-0.15, -0.1) is 0 Å². The quantitative estimate of drug-likeness (QED) is 0.898. The molecule has 2 aromatic rings. The van der Waals surface area contributed by atoms with Crippen LogP contribution in [-0.2, 0) is 6.61 Å².